The first-order valence-electron chi connectivity index (χ1n) is 9.79. The highest BCUT2D eigenvalue weighted by atomic mass is 16.5. The zero-order chi connectivity index (χ0) is 19.7. The molecule has 2 aromatic rings. The van der Waals surface area contributed by atoms with Gasteiger partial charge in [0.1, 0.15) is 6.54 Å². The lowest BCUT2D eigenvalue weighted by molar-refractivity contribution is -0.139. The molecule has 4 aliphatic rings. The number of aliphatic imine (C=N–C) groups is 1. The Kier molecular flexibility index (Phi) is 3.30. The van der Waals surface area contributed by atoms with Crippen LogP contribution in [0.25, 0.3) is 0 Å². The van der Waals surface area contributed by atoms with Crippen molar-refractivity contribution in [2.45, 2.75) is 23.9 Å². The number of rotatable bonds is 2. The Bertz CT molecular complexity index is 1140. The van der Waals surface area contributed by atoms with Crippen LogP contribution in [0, 0.1) is 0 Å². The summed E-state index contributed by atoms with van der Waals surface area (Å²) < 4.78 is 4.99. The minimum Gasteiger partial charge on any atom is -0.468 e. The van der Waals surface area contributed by atoms with E-state index < -0.39 is 0 Å². The van der Waals surface area contributed by atoms with Gasteiger partial charge < -0.3 is 15.0 Å². The minimum atomic E-state index is -0.275. The molecule has 1 aliphatic carbocycles. The number of esters is 1. The second-order valence-corrected chi connectivity index (χ2v) is 7.90. The van der Waals surface area contributed by atoms with Gasteiger partial charge in [-0.3, -0.25) is 9.59 Å². The number of ether oxygens (including phenoxy) is 1. The molecule has 4 atom stereocenters. The number of carbonyl (C=O) groups is 2. The Balaban J connectivity index is 1.58. The standard InChI is InChI=1S/C23H19N3O3/c1-29-17(27)11-26-16-9-5-3-7-13(16)18-14-10-24-23(28)20(14)19-12-6-2-4-8-15(12)25-21(19)22(18)26/h2-10,18-19,21-22,25H,11H2,1H3. The van der Waals surface area contributed by atoms with E-state index in [1.165, 1.54) is 7.11 Å². The number of amides is 1. The van der Waals surface area contributed by atoms with Gasteiger partial charge in [-0.2, -0.15) is 0 Å². The van der Waals surface area contributed by atoms with Crippen LogP contribution in [0.2, 0.25) is 0 Å². The lowest BCUT2D eigenvalue weighted by Gasteiger charge is -2.41. The third-order valence-electron chi connectivity index (χ3n) is 6.66. The molecule has 0 aromatic heterocycles. The maximum absolute atomic E-state index is 12.8. The predicted octanol–water partition coefficient (Wildman–Crippen LogP) is 2.63. The van der Waals surface area contributed by atoms with Gasteiger partial charge in [0.15, 0.2) is 0 Å². The monoisotopic (exact) mass is 385 g/mol. The van der Waals surface area contributed by atoms with E-state index >= 15 is 0 Å². The third-order valence-corrected chi connectivity index (χ3v) is 6.66. The van der Waals surface area contributed by atoms with E-state index in [0.29, 0.717) is 0 Å². The highest BCUT2D eigenvalue weighted by molar-refractivity contribution is 6.14. The van der Waals surface area contributed by atoms with Crippen molar-refractivity contribution in [3.05, 3.63) is 70.8 Å². The number of anilines is 2. The van der Waals surface area contributed by atoms with Crippen LogP contribution in [0.3, 0.4) is 0 Å². The van der Waals surface area contributed by atoms with Crippen molar-refractivity contribution in [3.63, 3.8) is 0 Å². The van der Waals surface area contributed by atoms with Crippen LogP contribution in [0.15, 0.2) is 64.7 Å². The smallest absolute Gasteiger partial charge is 0.325 e. The van der Waals surface area contributed by atoms with Crippen LogP contribution in [-0.4, -0.2) is 43.8 Å². The topological polar surface area (TPSA) is 71.0 Å². The van der Waals surface area contributed by atoms with Gasteiger partial charge in [-0.15, -0.1) is 0 Å². The number of hydrogen-bond acceptors (Lipinski definition) is 5. The quantitative estimate of drug-likeness (QED) is 0.805. The van der Waals surface area contributed by atoms with E-state index in [-0.39, 0.29) is 42.3 Å². The second kappa shape index (κ2) is 5.80. The summed E-state index contributed by atoms with van der Waals surface area (Å²) in [6, 6.07) is 16.2. The van der Waals surface area contributed by atoms with Gasteiger partial charge in [-0.25, -0.2) is 4.99 Å². The molecule has 1 N–H and O–H groups in total. The summed E-state index contributed by atoms with van der Waals surface area (Å²) in [6.45, 7) is 0.170. The lowest BCUT2D eigenvalue weighted by atomic mass is 9.69. The first-order chi connectivity index (χ1) is 14.2. The number of fused-ring (bicyclic) bond motifs is 9. The van der Waals surface area contributed by atoms with Gasteiger partial charge in [0.05, 0.1) is 19.2 Å². The number of para-hydroxylation sites is 2. The molecule has 0 saturated heterocycles. The molecule has 6 heteroatoms. The van der Waals surface area contributed by atoms with E-state index in [9.17, 15) is 9.59 Å². The van der Waals surface area contributed by atoms with E-state index in [1.54, 1.807) is 6.21 Å². The summed E-state index contributed by atoms with van der Waals surface area (Å²) in [7, 11) is 1.41. The molecule has 6 nitrogen and oxygen atoms in total. The number of carbonyl (C=O) groups excluding carboxylic acids is 2. The fourth-order valence-electron chi connectivity index (χ4n) is 5.61. The maximum Gasteiger partial charge on any atom is 0.325 e. The summed E-state index contributed by atoms with van der Waals surface area (Å²) in [4.78, 5) is 31.4. The summed E-state index contributed by atoms with van der Waals surface area (Å²) in [5.74, 6) is -0.504. The molecular weight excluding hydrogens is 366 g/mol. The average Bonchev–Trinajstić information content (AvgIpc) is 3.40. The van der Waals surface area contributed by atoms with Crippen molar-refractivity contribution in [1.29, 1.82) is 0 Å². The van der Waals surface area contributed by atoms with Crippen LogP contribution < -0.4 is 10.2 Å². The van der Waals surface area contributed by atoms with Gasteiger partial charge in [-0.1, -0.05) is 36.4 Å². The van der Waals surface area contributed by atoms with Crippen molar-refractivity contribution in [3.8, 4) is 0 Å². The van der Waals surface area contributed by atoms with Crippen molar-refractivity contribution in [2.75, 3.05) is 23.9 Å². The van der Waals surface area contributed by atoms with Crippen LogP contribution in [0.4, 0.5) is 11.4 Å². The molecule has 2 aromatic carbocycles. The normalized spacial score (nSPS) is 27.8. The molecule has 0 radical (unpaired) electrons. The zero-order valence-corrected chi connectivity index (χ0v) is 15.8. The molecule has 144 valence electrons. The Morgan fingerprint density at radius 3 is 2.69 bits per heavy atom. The number of hydrogen-bond donors (Lipinski definition) is 1. The highest BCUT2D eigenvalue weighted by Crippen LogP contribution is 2.57. The highest BCUT2D eigenvalue weighted by Gasteiger charge is 2.56. The van der Waals surface area contributed by atoms with E-state index in [1.807, 2.05) is 30.3 Å². The average molecular weight is 385 g/mol. The molecule has 0 fully saturated rings. The Morgan fingerprint density at radius 2 is 1.86 bits per heavy atom. The summed E-state index contributed by atoms with van der Waals surface area (Å²) in [6.07, 6.45) is 1.74. The van der Waals surface area contributed by atoms with Gasteiger partial charge >= 0.3 is 5.97 Å². The third kappa shape index (κ3) is 2.08. The van der Waals surface area contributed by atoms with Gasteiger partial charge in [0, 0.05) is 35.0 Å². The van der Waals surface area contributed by atoms with E-state index in [2.05, 4.69) is 33.4 Å². The summed E-state index contributed by atoms with van der Waals surface area (Å²) in [5, 5.41) is 3.66. The fourth-order valence-corrected chi connectivity index (χ4v) is 5.61. The number of benzene rings is 2. The van der Waals surface area contributed by atoms with Crippen molar-refractivity contribution < 1.29 is 14.3 Å². The largest absolute Gasteiger partial charge is 0.468 e. The lowest BCUT2D eigenvalue weighted by Crippen LogP contribution is -2.52. The molecule has 3 heterocycles. The molecule has 4 unspecified atom stereocenters. The number of methoxy groups -OCH3 is 1. The molecule has 29 heavy (non-hydrogen) atoms. The molecule has 0 spiro atoms. The van der Waals surface area contributed by atoms with E-state index in [4.69, 9.17) is 4.74 Å². The zero-order valence-electron chi connectivity index (χ0n) is 15.8. The molecular formula is C23H19N3O3. The Labute approximate surface area is 167 Å². The van der Waals surface area contributed by atoms with Crippen LogP contribution in [0.5, 0.6) is 0 Å². The summed E-state index contributed by atoms with van der Waals surface area (Å²) in [5.41, 5.74) is 6.10. The van der Waals surface area contributed by atoms with Crippen molar-refractivity contribution in [1.82, 2.24) is 0 Å². The molecule has 0 saturated carbocycles. The van der Waals surface area contributed by atoms with Crippen molar-refractivity contribution in [2.24, 2.45) is 4.99 Å². The predicted molar refractivity (Wildman–Crippen MR) is 109 cm³/mol. The maximum atomic E-state index is 12.8. The first-order valence-corrected chi connectivity index (χ1v) is 9.79. The Morgan fingerprint density at radius 1 is 1.10 bits per heavy atom. The summed E-state index contributed by atoms with van der Waals surface area (Å²) >= 11 is 0. The van der Waals surface area contributed by atoms with Crippen LogP contribution in [-0.2, 0) is 14.3 Å². The molecule has 6 rings (SSSR count). The second-order valence-electron chi connectivity index (χ2n) is 7.90. The van der Waals surface area contributed by atoms with Gasteiger partial charge in [0.25, 0.3) is 5.91 Å². The minimum absolute atomic E-state index is 0.0101. The van der Waals surface area contributed by atoms with E-state index in [0.717, 1.165) is 33.6 Å². The molecule has 3 aliphatic heterocycles. The molecule has 1 amide bonds. The first kappa shape index (κ1) is 16.5. The number of nitrogens with one attached hydrogen (secondary N) is 1. The van der Waals surface area contributed by atoms with Crippen LogP contribution >= 0.6 is 0 Å². The van der Waals surface area contributed by atoms with Crippen molar-refractivity contribution >= 4 is 29.5 Å². The van der Waals surface area contributed by atoms with Gasteiger partial charge in [0.2, 0.25) is 0 Å². The van der Waals surface area contributed by atoms with Gasteiger partial charge in [-0.05, 0) is 28.8 Å². The fraction of sp³-hybridized carbons (Fsp3) is 0.261. The SMILES string of the molecule is COC(=O)CN1c2ccccc2C2C3=C(C(=O)N=C3)C3c4ccccc4NC3C21. The number of nitrogens with zero attached hydrogens (tertiary/aromatic N) is 2. The molecule has 0 bridgehead atoms. The Hall–Kier alpha value is -3.41. The van der Waals surface area contributed by atoms with Crippen LogP contribution in [0.1, 0.15) is 23.0 Å².